The van der Waals surface area contributed by atoms with Crippen LogP contribution in [-0.4, -0.2) is 18.4 Å². The minimum Gasteiger partial charge on any atom is -0.326 e. The lowest BCUT2D eigenvalue weighted by atomic mass is 10.1. The summed E-state index contributed by atoms with van der Waals surface area (Å²) in [5.41, 5.74) is 4.53. The number of hydrogen-bond acceptors (Lipinski definition) is 2. The molecular formula is C21H25ClN2O2. The number of amides is 2. The molecule has 2 aromatic rings. The Balaban J connectivity index is 2.12. The van der Waals surface area contributed by atoms with E-state index < -0.39 is 0 Å². The van der Waals surface area contributed by atoms with Crippen molar-refractivity contribution in [3.05, 3.63) is 58.1 Å². The lowest BCUT2D eigenvalue weighted by molar-refractivity contribution is -0.117. The third-order valence-electron chi connectivity index (χ3n) is 4.28. The number of hydrogen-bond donors (Lipinski definition) is 1. The minimum absolute atomic E-state index is 0.127. The number of benzene rings is 2. The third kappa shape index (κ3) is 4.85. The van der Waals surface area contributed by atoms with Gasteiger partial charge in [0, 0.05) is 25.6 Å². The molecule has 2 amide bonds. The van der Waals surface area contributed by atoms with Gasteiger partial charge in [-0.25, -0.2) is 0 Å². The van der Waals surface area contributed by atoms with Crippen LogP contribution in [0.15, 0.2) is 36.4 Å². The van der Waals surface area contributed by atoms with Gasteiger partial charge in [-0.1, -0.05) is 42.8 Å². The SMILES string of the molecule is CCc1ccccc1NC(=O)CCN(C(C)=O)c1c(C)cc(C)cc1Cl. The Kier molecular flexibility index (Phi) is 6.81. The smallest absolute Gasteiger partial charge is 0.226 e. The molecule has 26 heavy (non-hydrogen) atoms. The summed E-state index contributed by atoms with van der Waals surface area (Å²) in [7, 11) is 0. The number of aryl methyl sites for hydroxylation is 3. The Hall–Kier alpha value is -2.33. The van der Waals surface area contributed by atoms with Crippen molar-refractivity contribution in [2.45, 2.75) is 40.5 Å². The predicted octanol–water partition coefficient (Wildman–Crippen LogP) is 4.90. The molecule has 0 radical (unpaired) electrons. The Morgan fingerprint density at radius 2 is 1.85 bits per heavy atom. The lowest BCUT2D eigenvalue weighted by Crippen LogP contribution is -2.32. The van der Waals surface area contributed by atoms with Crippen LogP contribution in [0.1, 0.15) is 37.0 Å². The van der Waals surface area contributed by atoms with Crippen LogP contribution in [0.4, 0.5) is 11.4 Å². The maximum Gasteiger partial charge on any atom is 0.226 e. The van der Waals surface area contributed by atoms with Crippen LogP contribution >= 0.6 is 11.6 Å². The average molecular weight is 373 g/mol. The van der Waals surface area contributed by atoms with Crippen LogP contribution < -0.4 is 10.2 Å². The summed E-state index contributed by atoms with van der Waals surface area (Å²) >= 11 is 6.36. The second kappa shape index (κ2) is 8.86. The Bertz CT molecular complexity index is 794. The van der Waals surface area contributed by atoms with Crippen molar-refractivity contribution in [3.8, 4) is 0 Å². The Morgan fingerprint density at radius 3 is 2.46 bits per heavy atom. The molecule has 0 spiro atoms. The van der Waals surface area contributed by atoms with Gasteiger partial charge in [-0.2, -0.15) is 0 Å². The van der Waals surface area contributed by atoms with Gasteiger partial charge in [0.15, 0.2) is 0 Å². The molecule has 0 aromatic heterocycles. The highest BCUT2D eigenvalue weighted by atomic mass is 35.5. The van der Waals surface area contributed by atoms with Gasteiger partial charge in [-0.15, -0.1) is 0 Å². The van der Waals surface area contributed by atoms with E-state index in [9.17, 15) is 9.59 Å². The number of carbonyl (C=O) groups excluding carboxylic acids is 2. The molecule has 0 aliphatic heterocycles. The quantitative estimate of drug-likeness (QED) is 0.783. The zero-order chi connectivity index (χ0) is 19.3. The van der Waals surface area contributed by atoms with Crippen molar-refractivity contribution < 1.29 is 9.59 Å². The van der Waals surface area contributed by atoms with Crippen LogP contribution in [-0.2, 0) is 16.0 Å². The van der Waals surface area contributed by atoms with Gasteiger partial charge in [0.1, 0.15) is 0 Å². The first-order valence-electron chi connectivity index (χ1n) is 8.76. The van der Waals surface area contributed by atoms with Gasteiger partial charge in [0.05, 0.1) is 10.7 Å². The molecule has 0 aliphatic carbocycles. The lowest BCUT2D eigenvalue weighted by Gasteiger charge is -2.24. The van der Waals surface area contributed by atoms with Crippen molar-refractivity contribution in [2.24, 2.45) is 0 Å². The highest BCUT2D eigenvalue weighted by Gasteiger charge is 2.19. The van der Waals surface area contributed by atoms with E-state index in [4.69, 9.17) is 11.6 Å². The summed E-state index contributed by atoms with van der Waals surface area (Å²) in [4.78, 5) is 26.1. The van der Waals surface area contributed by atoms with Crippen LogP contribution in [0.2, 0.25) is 5.02 Å². The molecule has 138 valence electrons. The van der Waals surface area contributed by atoms with Gasteiger partial charge in [0.2, 0.25) is 11.8 Å². The maximum atomic E-state index is 12.4. The minimum atomic E-state index is -0.138. The van der Waals surface area contributed by atoms with E-state index in [0.717, 1.165) is 28.8 Å². The summed E-state index contributed by atoms with van der Waals surface area (Å²) in [5.74, 6) is -0.265. The van der Waals surface area contributed by atoms with Crippen LogP contribution in [0, 0.1) is 13.8 Å². The molecule has 0 atom stereocenters. The second-order valence-electron chi connectivity index (χ2n) is 6.39. The number of rotatable bonds is 6. The second-order valence-corrected chi connectivity index (χ2v) is 6.80. The highest BCUT2D eigenvalue weighted by molar-refractivity contribution is 6.34. The monoisotopic (exact) mass is 372 g/mol. The first kappa shape index (κ1) is 20.0. The van der Waals surface area contributed by atoms with Crippen LogP contribution in [0.25, 0.3) is 0 Å². The van der Waals surface area contributed by atoms with Gasteiger partial charge in [-0.3, -0.25) is 9.59 Å². The number of nitrogens with one attached hydrogen (secondary N) is 1. The number of anilines is 2. The van der Waals surface area contributed by atoms with E-state index in [1.165, 1.54) is 6.92 Å². The first-order valence-corrected chi connectivity index (χ1v) is 9.13. The van der Waals surface area contributed by atoms with Gasteiger partial charge in [0.25, 0.3) is 0 Å². The van der Waals surface area contributed by atoms with E-state index in [1.807, 2.05) is 57.2 Å². The number of carbonyl (C=O) groups is 2. The molecule has 2 rings (SSSR count). The van der Waals surface area contributed by atoms with Crippen molar-refractivity contribution in [3.63, 3.8) is 0 Å². The fourth-order valence-electron chi connectivity index (χ4n) is 3.05. The Labute approximate surface area is 160 Å². The van der Waals surface area contributed by atoms with Gasteiger partial charge >= 0.3 is 0 Å². The molecule has 0 saturated carbocycles. The van der Waals surface area contributed by atoms with E-state index in [0.29, 0.717) is 10.7 Å². The summed E-state index contributed by atoms with van der Waals surface area (Å²) in [5, 5.41) is 3.46. The number of nitrogens with zero attached hydrogens (tertiary/aromatic N) is 1. The molecule has 0 heterocycles. The molecule has 0 unspecified atom stereocenters. The van der Waals surface area contributed by atoms with Crippen LogP contribution in [0.3, 0.4) is 0 Å². The van der Waals surface area contributed by atoms with E-state index in [-0.39, 0.29) is 24.8 Å². The van der Waals surface area contributed by atoms with Crippen molar-refractivity contribution in [1.82, 2.24) is 0 Å². The molecule has 0 saturated heterocycles. The normalized spacial score (nSPS) is 10.5. The largest absolute Gasteiger partial charge is 0.326 e. The topological polar surface area (TPSA) is 49.4 Å². The summed E-state index contributed by atoms with van der Waals surface area (Å²) < 4.78 is 0. The van der Waals surface area contributed by atoms with Gasteiger partial charge < -0.3 is 10.2 Å². The van der Waals surface area contributed by atoms with Crippen molar-refractivity contribution in [2.75, 3.05) is 16.8 Å². The summed E-state index contributed by atoms with van der Waals surface area (Å²) in [6.45, 7) is 7.69. The number of para-hydroxylation sites is 1. The summed E-state index contributed by atoms with van der Waals surface area (Å²) in [6.07, 6.45) is 1.04. The maximum absolute atomic E-state index is 12.4. The molecule has 1 N–H and O–H groups in total. The van der Waals surface area contributed by atoms with Crippen molar-refractivity contribution in [1.29, 1.82) is 0 Å². The molecule has 4 nitrogen and oxygen atoms in total. The fourth-order valence-corrected chi connectivity index (χ4v) is 3.48. The van der Waals surface area contributed by atoms with E-state index in [1.54, 1.807) is 4.90 Å². The zero-order valence-corrected chi connectivity index (χ0v) is 16.5. The molecule has 0 bridgehead atoms. The first-order chi connectivity index (χ1) is 12.3. The molecule has 2 aromatic carbocycles. The standard InChI is InChI=1S/C21H25ClN2O2/c1-5-17-8-6-7-9-19(17)23-20(26)10-11-24(16(4)25)21-15(3)12-14(2)13-18(21)22/h6-9,12-13H,5,10-11H2,1-4H3,(H,23,26). The Morgan fingerprint density at radius 1 is 1.15 bits per heavy atom. The zero-order valence-electron chi connectivity index (χ0n) is 15.7. The summed E-state index contributed by atoms with van der Waals surface area (Å²) in [6, 6.07) is 11.5. The van der Waals surface area contributed by atoms with Crippen molar-refractivity contribution >= 4 is 34.8 Å². The molecule has 0 aliphatic rings. The average Bonchev–Trinajstić information content (AvgIpc) is 2.57. The third-order valence-corrected chi connectivity index (χ3v) is 4.57. The molecule has 0 fully saturated rings. The van der Waals surface area contributed by atoms with E-state index >= 15 is 0 Å². The van der Waals surface area contributed by atoms with Gasteiger partial charge in [-0.05, 0) is 49.1 Å². The van der Waals surface area contributed by atoms with Crippen LogP contribution in [0.5, 0.6) is 0 Å². The molecule has 5 heteroatoms. The van der Waals surface area contributed by atoms with E-state index in [2.05, 4.69) is 5.32 Å². The number of halogens is 1. The molecular weight excluding hydrogens is 348 g/mol. The highest BCUT2D eigenvalue weighted by Crippen LogP contribution is 2.31. The fraction of sp³-hybridized carbons (Fsp3) is 0.333. The predicted molar refractivity (Wildman–Crippen MR) is 108 cm³/mol.